The van der Waals surface area contributed by atoms with Crippen molar-refractivity contribution in [2.24, 2.45) is 0 Å². The molecule has 1 unspecified atom stereocenters. The van der Waals surface area contributed by atoms with Crippen LogP contribution < -0.4 is 5.32 Å². The van der Waals surface area contributed by atoms with E-state index in [2.05, 4.69) is 15.5 Å². The molecule has 2 aromatic carbocycles. The molecule has 0 aliphatic rings. The van der Waals surface area contributed by atoms with Crippen LogP contribution in [-0.4, -0.2) is 30.8 Å². The molecule has 0 aliphatic heterocycles. The average molecular weight is 415 g/mol. The second kappa shape index (κ2) is 8.82. The molecule has 29 heavy (non-hydrogen) atoms. The minimum absolute atomic E-state index is 0.150. The van der Waals surface area contributed by atoms with E-state index in [1.54, 1.807) is 6.92 Å². The van der Waals surface area contributed by atoms with E-state index in [4.69, 9.17) is 0 Å². The lowest BCUT2D eigenvalue weighted by Gasteiger charge is -2.13. The predicted octanol–water partition coefficient (Wildman–Crippen LogP) is 3.80. The van der Waals surface area contributed by atoms with E-state index in [1.165, 1.54) is 17.8 Å². The quantitative estimate of drug-likeness (QED) is 0.358. The molecule has 10 heteroatoms. The molecule has 1 N–H and O–H groups in total. The van der Waals surface area contributed by atoms with Gasteiger partial charge in [0.2, 0.25) is 11.7 Å². The molecule has 0 aliphatic carbocycles. The molecule has 0 saturated carbocycles. The van der Waals surface area contributed by atoms with Gasteiger partial charge in [-0.15, -0.1) is 10.2 Å². The van der Waals surface area contributed by atoms with Crippen molar-refractivity contribution in [2.75, 3.05) is 5.32 Å². The van der Waals surface area contributed by atoms with Crippen LogP contribution in [0.2, 0.25) is 0 Å². The van der Waals surface area contributed by atoms with Crippen LogP contribution in [0.3, 0.4) is 0 Å². The number of aromatic nitrogens is 3. The van der Waals surface area contributed by atoms with E-state index in [1.807, 2.05) is 41.8 Å². The number of rotatable bonds is 7. The Balaban J connectivity index is 1.71. The van der Waals surface area contributed by atoms with Gasteiger partial charge in [0.15, 0.2) is 5.16 Å². The summed E-state index contributed by atoms with van der Waals surface area (Å²) < 4.78 is 15.4. The minimum Gasteiger partial charge on any atom is -0.325 e. The van der Waals surface area contributed by atoms with E-state index in [0.717, 1.165) is 23.5 Å². The van der Waals surface area contributed by atoms with Crippen LogP contribution in [0.5, 0.6) is 0 Å². The lowest BCUT2D eigenvalue weighted by atomic mass is 10.2. The number of aryl methyl sites for hydroxylation is 1. The van der Waals surface area contributed by atoms with Crippen molar-refractivity contribution in [1.82, 2.24) is 14.8 Å². The first-order chi connectivity index (χ1) is 13.8. The lowest BCUT2D eigenvalue weighted by molar-refractivity contribution is -0.387. The van der Waals surface area contributed by atoms with Gasteiger partial charge in [-0.05, 0) is 31.5 Å². The molecule has 8 nitrogen and oxygen atoms in total. The fourth-order valence-electron chi connectivity index (χ4n) is 2.58. The molecule has 150 valence electrons. The molecule has 1 aromatic heterocycles. The number of nitro groups is 1. The van der Waals surface area contributed by atoms with Gasteiger partial charge in [0.05, 0.1) is 16.7 Å². The standard InChI is InChI=1S/C19H18FN5O3S/c1-12(18(26)21-15-8-9-16(20)17(10-15)25(27)28)29-19-23-22-13(2)24(19)11-14-6-4-3-5-7-14/h3-10,12H,11H2,1-2H3,(H,21,26). The van der Waals surface area contributed by atoms with E-state index in [-0.39, 0.29) is 11.6 Å². The van der Waals surface area contributed by atoms with Crippen molar-refractivity contribution in [3.8, 4) is 0 Å². The highest BCUT2D eigenvalue weighted by molar-refractivity contribution is 8.00. The Hall–Kier alpha value is -3.27. The van der Waals surface area contributed by atoms with Crippen LogP contribution in [0.25, 0.3) is 0 Å². The Morgan fingerprint density at radius 2 is 2.00 bits per heavy atom. The molecule has 0 saturated heterocycles. The van der Waals surface area contributed by atoms with Crippen LogP contribution in [0.15, 0.2) is 53.7 Å². The highest BCUT2D eigenvalue weighted by Crippen LogP contribution is 2.26. The van der Waals surface area contributed by atoms with Crippen molar-refractivity contribution in [3.63, 3.8) is 0 Å². The summed E-state index contributed by atoms with van der Waals surface area (Å²) in [4.78, 5) is 22.5. The fourth-order valence-corrected chi connectivity index (χ4v) is 3.48. The zero-order valence-corrected chi connectivity index (χ0v) is 16.5. The van der Waals surface area contributed by atoms with Crippen molar-refractivity contribution in [1.29, 1.82) is 0 Å². The predicted molar refractivity (Wildman–Crippen MR) is 107 cm³/mol. The topological polar surface area (TPSA) is 103 Å². The van der Waals surface area contributed by atoms with Gasteiger partial charge in [0.25, 0.3) is 0 Å². The van der Waals surface area contributed by atoms with Crippen molar-refractivity contribution < 1.29 is 14.1 Å². The summed E-state index contributed by atoms with van der Waals surface area (Å²) in [5, 5.41) is 21.7. The van der Waals surface area contributed by atoms with Gasteiger partial charge in [0.1, 0.15) is 5.82 Å². The van der Waals surface area contributed by atoms with Gasteiger partial charge in [-0.3, -0.25) is 14.9 Å². The molecule has 0 spiro atoms. The molecule has 0 bridgehead atoms. The Morgan fingerprint density at radius 1 is 1.28 bits per heavy atom. The Labute approximate surface area is 170 Å². The lowest BCUT2D eigenvalue weighted by Crippen LogP contribution is -2.23. The van der Waals surface area contributed by atoms with E-state index in [0.29, 0.717) is 11.7 Å². The number of nitro benzene ring substituents is 1. The minimum atomic E-state index is -0.958. The normalized spacial score (nSPS) is 11.8. The second-order valence-corrected chi connectivity index (χ2v) is 7.58. The fraction of sp³-hybridized carbons (Fsp3) is 0.211. The largest absolute Gasteiger partial charge is 0.325 e. The molecule has 1 amide bonds. The summed E-state index contributed by atoms with van der Waals surface area (Å²) in [6, 6.07) is 13.0. The van der Waals surface area contributed by atoms with Gasteiger partial charge in [0, 0.05) is 11.8 Å². The van der Waals surface area contributed by atoms with E-state index < -0.39 is 21.7 Å². The average Bonchev–Trinajstić information content (AvgIpc) is 3.03. The van der Waals surface area contributed by atoms with Crippen LogP contribution >= 0.6 is 11.8 Å². The number of anilines is 1. The number of hydrogen-bond donors (Lipinski definition) is 1. The maximum atomic E-state index is 13.5. The molecular formula is C19H18FN5O3S. The van der Waals surface area contributed by atoms with Crippen molar-refractivity contribution in [2.45, 2.75) is 30.8 Å². The van der Waals surface area contributed by atoms with Crippen LogP contribution in [0.1, 0.15) is 18.3 Å². The number of carbonyl (C=O) groups excluding carboxylic acids is 1. The van der Waals surface area contributed by atoms with Crippen molar-refractivity contribution in [3.05, 3.63) is 75.9 Å². The summed E-state index contributed by atoms with van der Waals surface area (Å²) in [6.45, 7) is 4.09. The summed E-state index contributed by atoms with van der Waals surface area (Å²) in [6.07, 6.45) is 0. The molecular weight excluding hydrogens is 397 g/mol. The van der Waals surface area contributed by atoms with E-state index >= 15 is 0 Å². The molecule has 3 rings (SSSR count). The third-order valence-electron chi connectivity index (χ3n) is 4.15. The summed E-state index contributed by atoms with van der Waals surface area (Å²) in [7, 11) is 0. The van der Waals surface area contributed by atoms with Gasteiger partial charge in [-0.1, -0.05) is 42.1 Å². The zero-order valence-electron chi connectivity index (χ0n) is 15.7. The number of nitrogens with zero attached hydrogens (tertiary/aromatic N) is 4. The monoisotopic (exact) mass is 415 g/mol. The van der Waals surface area contributed by atoms with Crippen molar-refractivity contribution >= 4 is 29.0 Å². The first kappa shape index (κ1) is 20.5. The Bertz CT molecular complexity index is 1040. The van der Waals surface area contributed by atoms with Gasteiger partial charge in [-0.2, -0.15) is 4.39 Å². The maximum Gasteiger partial charge on any atom is 0.306 e. The van der Waals surface area contributed by atoms with Gasteiger partial charge >= 0.3 is 5.69 Å². The third kappa shape index (κ3) is 4.96. The number of benzene rings is 2. The first-order valence-corrected chi connectivity index (χ1v) is 9.58. The number of hydrogen-bond acceptors (Lipinski definition) is 6. The molecule has 0 radical (unpaired) electrons. The Morgan fingerprint density at radius 3 is 2.69 bits per heavy atom. The zero-order chi connectivity index (χ0) is 21.0. The number of thioether (sulfide) groups is 1. The molecule has 1 atom stereocenters. The highest BCUT2D eigenvalue weighted by Gasteiger charge is 2.21. The van der Waals surface area contributed by atoms with Crippen LogP contribution in [0, 0.1) is 22.9 Å². The Kier molecular flexibility index (Phi) is 6.23. The SMILES string of the molecule is Cc1nnc(SC(C)C(=O)Nc2ccc(F)c([N+](=O)[O-])c2)n1Cc1ccccc1. The molecule has 3 aromatic rings. The highest BCUT2D eigenvalue weighted by atomic mass is 32.2. The number of nitrogens with one attached hydrogen (secondary N) is 1. The number of amides is 1. The van der Waals surface area contributed by atoms with Crippen LogP contribution in [-0.2, 0) is 11.3 Å². The second-order valence-electron chi connectivity index (χ2n) is 6.27. The van der Waals surface area contributed by atoms with E-state index in [9.17, 15) is 19.3 Å². The smallest absolute Gasteiger partial charge is 0.306 e. The number of carbonyl (C=O) groups is 1. The van der Waals surface area contributed by atoms with Gasteiger partial charge < -0.3 is 9.88 Å². The first-order valence-electron chi connectivity index (χ1n) is 8.70. The number of halogens is 1. The molecule has 0 fully saturated rings. The maximum absolute atomic E-state index is 13.5. The van der Waals surface area contributed by atoms with Crippen LogP contribution in [0.4, 0.5) is 15.8 Å². The summed E-state index contributed by atoms with van der Waals surface area (Å²) >= 11 is 1.22. The summed E-state index contributed by atoms with van der Waals surface area (Å²) in [5.41, 5.74) is 0.534. The van der Waals surface area contributed by atoms with Gasteiger partial charge in [-0.25, -0.2) is 0 Å². The summed E-state index contributed by atoms with van der Waals surface area (Å²) in [5.74, 6) is -0.624. The molecule has 1 heterocycles. The third-order valence-corrected chi connectivity index (χ3v) is 5.23.